The topological polar surface area (TPSA) is 99.1 Å². The Labute approximate surface area is 220 Å². The minimum absolute atomic E-state index is 0.110. The van der Waals surface area contributed by atoms with Crippen LogP contribution in [0, 0.1) is 12.3 Å². The van der Waals surface area contributed by atoms with E-state index in [-0.39, 0.29) is 35.8 Å². The van der Waals surface area contributed by atoms with Gasteiger partial charge in [-0.1, -0.05) is 50.6 Å². The number of ketones is 1. The van der Waals surface area contributed by atoms with Gasteiger partial charge in [0.05, 0.1) is 11.4 Å². The Hall–Kier alpha value is -3.65. The summed E-state index contributed by atoms with van der Waals surface area (Å²) in [4.78, 5) is 43.6. The third kappa shape index (κ3) is 5.54. The van der Waals surface area contributed by atoms with E-state index in [1.807, 2.05) is 51.1 Å². The smallest absolute Gasteiger partial charge is 0.295 e. The first-order valence-electron chi connectivity index (χ1n) is 12.3. The van der Waals surface area contributed by atoms with E-state index in [2.05, 4.69) is 10.3 Å². The van der Waals surface area contributed by atoms with Crippen molar-refractivity contribution in [1.82, 2.24) is 14.3 Å². The van der Waals surface area contributed by atoms with Crippen molar-refractivity contribution in [3.8, 4) is 5.69 Å². The Kier molecular flexibility index (Phi) is 7.41. The molecule has 0 fully saturated rings. The summed E-state index contributed by atoms with van der Waals surface area (Å²) in [6.45, 7) is 7.58. The summed E-state index contributed by atoms with van der Waals surface area (Å²) in [5, 5.41) is 3.22. The lowest BCUT2D eigenvalue weighted by atomic mass is 9.82. The molecule has 2 aromatic heterocycles. The lowest BCUT2D eigenvalue weighted by molar-refractivity contribution is -0.118. The first kappa shape index (κ1) is 26.4. The van der Waals surface area contributed by atoms with Gasteiger partial charge in [-0.3, -0.25) is 19.1 Å². The van der Waals surface area contributed by atoms with Crippen LogP contribution in [0.2, 0.25) is 5.02 Å². The van der Waals surface area contributed by atoms with Crippen LogP contribution >= 0.6 is 11.6 Å². The first-order chi connectivity index (χ1) is 17.5. The molecule has 0 saturated carbocycles. The zero-order valence-electron chi connectivity index (χ0n) is 21.7. The number of amides is 1. The number of rotatable bonds is 9. The normalized spacial score (nSPS) is 11.7. The number of anilines is 1. The van der Waals surface area contributed by atoms with E-state index < -0.39 is 5.41 Å². The number of carbonyl (C=O) groups is 2. The molecular formula is C28H31ClN4O4. The molecule has 0 radical (unpaired) electrons. The molecule has 0 bridgehead atoms. The summed E-state index contributed by atoms with van der Waals surface area (Å²) >= 11 is 6.21. The second kappa shape index (κ2) is 10.4. The van der Waals surface area contributed by atoms with E-state index in [4.69, 9.17) is 16.0 Å². The van der Waals surface area contributed by atoms with E-state index in [0.29, 0.717) is 51.8 Å². The van der Waals surface area contributed by atoms with E-state index >= 15 is 0 Å². The molecule has 9 heteroatoms. The molecule has 4 aromatic rings. The highest BCUT2D eigenvalue weighted by Crippen LogP contribution is 2.31. The lowest BCUT2D eigenvalue weighted by Gasteiger charge is -2.23. The van der Waals surface area contributed by atoms with E-state index in [1.165, 1.54) is 4.68 Å². The first-order valence-corrected chi connectivity index (χ1v) is 12.6. The molecule has 37 heavy (non-hydrogen) atoms. The molecule has 0 spiro atoms. The highest BCUT2D eigenvalue weighted by molar-refractivity contribution is 6.32. The average molecular weight is 523 g/mol. The van der Waals surface area contributed by atoms with Crippen LogP contribution in [0.1, 0.15) is 62.0 Å². The van der Waals surface area contributed by atoms with Crippen molar-refractivity contribution in [2.75, 3.05) is 5.32 Å². The maximum Gasteiger partial charge on any atom is 0.295 e. The second-order valence-corrected chi connectivity index (χ2v) is 10.4. The van der Waals surface area contributed by atoms with Gasteiger partial charge in [-0.05, 0) is 37.0 Å². The van der Waals surface area contributed by atoms with Gasteiger partial charge in [0, 0.05) is 43.0 Å². The number of benzene rings is 2. The quantitative estimate of drug-likeness (QED) is 0.277. The van der Waals surface area contributed by atoms with Gasteiger partial charge in [0.1, 0.15) is 11.2 Å². The SMILES string of the molecule is CCc1nc2c(C(=O)CCC(C)(C)CC(=O)Nc3c(C)n(C)n(-c4ccccc4)c3=O)cc(Cl)cc2o1. The fourth-order valence-corrected chi connectivity index (χ4v) is 4.62. The molecule has 1 N–H and O–H groups in total. The predicted molar refractivity (Wildman–Crippen MR) is 145 cm³/mol. The van der Waals surface area contributed by atoms with Gasteiger partial charge in [-0.25, -0.2) is 9.67 Å². The van der Waals surface area contributed by atoms with Gasteiger partial charge >= 0.3 is 0 Å². The number of carbonyl (C=O) groups excluding carboxylic acids is 2. The monoisotopic (exact) mass is 522 g/mol. The van der Waals surface area contributed by atoms with Gasteiger partial charge in [0.2, 0.25) is 5.91 Å². The van der Waals surface area contributed by atoms with E-state index in [1.54, 1.807) is 30.8 Å². The summed E-state index contributed by atoms with van der Waals surface area (Å²) in [6, 6.07) is 12.5. The van der Waals surface area contributed by atoms with Gasteiger partial charge in [-0.2, -0.15) is 0 Å². The third-order valence-electron chi connectivity index (χ3n) is 6.59. The zero-order valence-corrected chi connectivity index (χ0v) is 22.5. The maximum atomic E-state index is 13.1. The van der Waals surface area contributed by atoms with Crippen molar-refractivity contribution in [3.63, 3.8) is 0 Å². The van der Waals surface area contributed by atoms with Crippen LogP contribution in [0.5, 0.6) is 0 Å². The fraction of sp³-hybridized carbons (Fsp3) is 0.357. The van der Waals surface area contributed by atoms with E-state index in [9.17, 15) is 14.4 Å². The predicted octanol–water partition coefficient (Wildman–Crippen LogP) is 5.86. The number of aryl methyl sites for hydroxylation is 1. The lowest BCUT2D eigenvalue weighted by Crippen LogP contribution is -2.26. The largest absolute Gasteiger partial charge is 0.441 e. The molecule has 194 valence electrons. The number of hydrogen-bond donors (Lipinski definition) is 1. The average Bonchev–Trinajstić information content (AvgIpc) is 3.36. The van der Waals surface area contributed by atoms with Crippen molar-refractivity contribution in [2.45, 2.75) is 53.4 Å². The number of fused-ring (bicyclic) bond motifs is 1. The summed E-state index contributed by atoms with van der Waals surface area (Å²) in [6.07, 6.45) is 1.44. The van der Waals surface area contributed by atoms with Crippen molar-refractivity contribution < 1.29 is 14.0 Å². The molecule has 0 atom stereocenters. The maximum absolute atomic E-state index is 13.1. The van der Waals surface area contributed by atoms with Crippen LogP contribution in [-0.2, 0) is 18.3 Å². The van der Waals surface area contributed by atoms with Crippen molar-refractivity contribution >= 4 is 40.1 Å². The third-order valence-corrected chi connectivity index (χ3v) is 6.81. The van der Waals surface area contributed by atoms with Crippen LogP contribution in [-0.4, -0.2) is 26.0 Å². The highest BCUT2D eigenvalue weighted by atomic mass is 35.5. The molecule has 0 aliphatic carbocycles. The van der Waals surface area contributed by atoms with Crippen LogP contribution in [0.4, 0.5) is 5.69 Å². The Balaban J connectivity index is 1.45. The summed E-state index contributed by atoms with van der Waals surface area (Å²) in [5.74, 6) is 0.158. The highest BCUT2D eigenvalue weighted by Gasteiger charge is 2.26. The van der Waals surface area contributed by atoms with Gasteiger partial charge in [-0.15, -0.1) is 0 Å². The Morgan fingerprint density at radius 1 is 1.16 bits per heavy atom. The van der Waals surface area contributed by atoms with Crippen LogP contribution in [0.15, 0.2) is 51.7 Å². The van der Waals surface area contributed by atoms with Crippen molar-refractivity contribution in [3.05, 3.63) is 75.0 Å². The molecular weight excluding hydrogens is 492 g/mol. The number of nitrogens with one attached hydrogen (secondary N) is 1. The molecule has 0 aliphatic heterocycles. The number of para-hydroxylation sites is 1. The zero-order chi connectivity index (χ0) is 26.9. The summed E-state index contributed by atoms with van der Waals surface area (Å²) in [5.41, 5.74) is 2.26. The Morgan fingerprint density at radius 3 is 2.54 bits per heavy atom. The number of hydrogen-bond acceptors (Lipinski definition) is 5. The molecule has 2 heterocycles. The van der Waals surface area contributed by atoms with Crippen LogP contribution < -0.4 is 10.9 Å². The molecule has 0 aliphatic rings. The minimum atomic E-state index is -0.489. The van der Waals surface area contributed by atoms with E-state index in [0.717, 1.165) is 0 Å². The Bertz CT molecular complexity index is 1530. The fourth-order valence-electron chi connectivity index (χ4n) is 4.41. The number of Topliss-reactive ketones (excluding diaryl/α,β-unsaturated/α-hetero) is 1. The summed E-state index contributed by atoms with van der Waals surface area (Å²) in [7, 11) is 1.78. The molecule has 4 rings (SSSR count). The number of aromatic nitrogens is 3. The molecule has 2 aromatic carbocycles. The molecule has 8 nitrogen and oxygen atoms in total. The van der Waals surface area contributed by atoms with Crippen molar-refractivity contribution in [1.29, 1.82) is 0 Å². The van der Waals surface area contributed by atoms with Crippen LogP contribution in [0.25, 0.3) is 16.8 Å². The number of halogens is 1. The second-order valence-electron chi connectivity index (χ2n) is 10.0. The standard InChI is InChI=1S/C28H31ClN4O4/c1-6-24-31-26-20(14-18(29)15-22(26)37-24)21(34)12-13-28(3,4)16-23(35)30-25-17(2)32(5)33(27(25)36)19-10-8-7-9-11-19/h7-11,14-15H,6,12-13,16H2,1-5H3,(H,30,35). The molecule has 0 saturated heterocycles. The Morgan fingerprint density at radius 2 is 1.86 bits per heavy atom. The van der Waals surface area contributed by atoms with Crippen LogP contribution in [0.3, 0.4) is 0 Å². The van der Waals surface area contributed by atoms with Gasteiger partial charge in [0.25, 0.3) is 5.56 Å². The van der Waals surface area contributed by atoms with Crippen molar-refractivity contribution in [2.24, 2.45) is 12.5 Å². The molecule has 0 unspecified atom stereocenters. The van der Waals surface area contributed by atoms with Gasteiger partial charge in [0.15, 0.2) is 17.3 Å². The van der Waals surface area contributed by atoms with Gasteiger partial charge < -0.3 is 9.73 Å². The number of nitrogens with zero attached hydrogens (tertiary/aromatic N) is 3. The summed E-state index contributed by atoms with van der Waals surface area (Å²) < 4.78 is 8.91. The minimum Gasteiger partial charge on any atom is -0.441 e. The molecule has 1 amide bonds. The number of oxazole rings is 1.